The van der Waals surface area contributed by atoms with E-state index in [0.717, 1.165) is 30.6 Å². The van der Waals surface area contributed by atoms with Gasteiger partial charge in [0.1, 0.15) is 0 Å². The van der Waals surface area contributed by atoms with E-state index in [0.29, 0.717) is 19.6 Å². The number of aliphatic hydroxyl groups is 2. The van der Waals surface area contributed by atoms with Gasteiger partial charge in [-0.2, -0.15) is 0 Å². The highest BCUT2D eigenvalue weighted by molar-refractivity contribution is 5.02. The summed E-state index contributed by atoms with van der Waals surface area (Å²) in [5.41, 5.74) is 2.05. The minimum absolute atomic E-state index is 0.0401. The fraction of sp³-hybridized carbons (Fsp3) is 0.800. The second-order valence-electron chi connectivity index (χ2n) is 8.64. The molecule has 6 nitrogen and oxygen atoms in total. The lowest BCUT2D eigenvalue weighted by Crippen LogP contribution is -2.38. The van der Waals surface area contributed by atoms with Crippen LogP contribution < -0.4 is 0 Å². The van der Waals surface area contributed by atoms with E-state index >= 15 is 0 Å². The fourth-order valence-electron chi connectivity index (χ4n) is 2.36. The highest BCUT2D eigenvalue weighted by Crippen LogP contribution is 2.26. The van der Waals surface area contributed by atoms with Gasteiger partial charge in [-0.15, -0.1) is 0 Å². The van der Waals surface area contributed by atoms with Gasteiger partial charge >= 0.3 is 0 Å². The minimum Gasteiger partial charge on any atom is -0.516 e. The molecule has 0 unspecified atom stereocenters. The van der Waals surface area contributed by atoms with Crippen LogP contribution in [0.3, 0.4) is 0 Å². The van der Waals surface area contributed by atoms with E-state index in [-0.39, 0.29) is 30.0 Å². The van der Waals surface area contributed by atoms with Crippen LogP contribution in [0.4, 0.5) is 0 Å². The van der Waals surface area contributed by atoms with E-state index in [9.17, 15) is 0 Å². The summed E-state index contributed by atoms with van der Waals surface area (Å²) in [4.78, 5) is 0. The zero-order chi connectivity index (χ0) is 19.8. The van der Waals surface area contributed by atoms with Crippen molar-refractivity contribution in [3.05, 3.63) is 23.5 Å². The van der Waals surface area contributed by atoms with Crippen molar-refractivity contribution in [1.82, 2.24) is 0 Å². The lowest BCUT2D eigenvalue weighted by molar-refractivity contribution is -0.220. The van der Waals surface area contributed by atoms with Crippen LogP contribution in [-0.4, -0.2) is 55.8 Å². The molecule has 2 aliphatic rings. The Kier molecular flexibility index (Phi) is 9.27. The molecule has 0 spiro atoms. The number of rotatable bonds is 4. The Bertz CT molecular complexity index is 461. The van der Waals surface area contributed by atoms with Crippen LogP contribution in [0.5, 0.6) is 0 Å². The van der Waals surface area contributed by atoms with Gasteiger partial charge in [0, 0.05) is 17.3 Å². The summed E-state index contributed by atoms with van der Waals surface area (Å²) in [7, 11) is 0. The maximum atomic E-state index is 8.69. The van der Waals surface area contributed by atoms with Gasteiger partial charge in [-0.05, 0) is 25.0 Å². The molecule has 0 aromatic rings. The zero-order valence-electron chi connectivity index (χ0n) is 17.1. The molecule has 2 rings (SSSR count). The maximum Gasteiger partial charge on any atom is 0.179 e. The monoisotopic (exact) mass is 372 g/mol. The minimum atomic E-state index is -0.264. The van der Waals surface area contributed by atoms with Crippen molar-refractivity contribution >= 4 is 0 Å². The summed E-state index contributed by atoms with van der Waals surface area (Å²) in [6, 6.07) is 0. The van der Waals surface area contributed by atoms with Crippen LogP contribution >= 0.6 is 0 Å². The smallest absolute Gasteiger partial charge is 0.179 e. The molecule has 2 N–H and O–H groups in total. The summed E-state index contributed by atoms with van der Waals surface area (Å²) in [5.74, 6) is 0. The van der Waals surface area contributed by atoms with Crippen molar-refractivity contribution in [3.8, 4) is 0 Å². The quantitative estimate of drug-likeness (QED) is 0.580. The predicted octanol–water partition coefficient (Wildman–Crippen LogP) is 3.56. The van der Waals surface area contributed by atoms with Gasteiger partial charge in [0.2, 0.25) is 0 Å². The molecule has 2 saturated heterocycles. The molecule has 0 bridgehead atoms. The molecule has 0 amide bonds. The Morgan fingerprint density at radius 2 is 1.38 bits per heavy atom. The second kappa shape index (κ2) is 10.4. The zero-order valence-corrected chi connectivity index (χ0v) is 17.1. The van der Waals surface area contributed by atoms with Gasteiger partial charge < -0.3 is 29.2 Å². The summed E-state index contributed by atoms with van der Waals surface area (Å²) >= 11 is 0. The van der Waals surface area contributed by atoms with Crippen molar-refractivity contribution in [1.29, 1.82) is 0 Å². The summed E-state index contributed by atoms with van der Waals surface area (Å²) < 4.78 is 22.0. The lowest BCUT2D eigenvalue weighted by Gasteiger charge is -2.34. The average molecular weight is 373 g/mol. The molecular weight excluding hydrogens is 336 g/mol. The summed E-state index contributed by atoms with van der Waals surface area (Å²) in [6.07, 6.45) is 3.01. The average Bonchev–Trinajstić information content (AvgIpc) is 2.57. The Labute approximate surface area is 157 Å². The number of aliphatic hydroxyl groups excluding tert-OH is 2. The molecule has 0 aromatic carbocycles. The molecule has 152 valence electrons. The van der Waals surface area contributed by atoms with Crippen molar-refractivity contribution in [2.24, 2.45) is 10.8 Å². The first-order valence-corrected chi connectivity index (χ1v) is 9.12. The molecule has 6 heteroatoms. The third kappa shape index (κ3) is 8.64. The van der Waals surface area contributed by atoms with Crippen LogP contribution in [-0.2, 0) is 18.9 Å². The summed E-state index contributed by atoms with van der Waals surface area (Å²) in [5, 5.41) is 17.4. The van der Waals surface area contributed by atoms with E-state index in [4.69, 9.17) is 29.2 Å². The highest BCUT2D eigenvalue weighted by Gasteiger charge is 2.29. The van der Waals surface area contributed by atoms with E-state index < -0.39 is 0 Å². The largest absolute Gasteiger partial charge is 0.516 e. The van der Waals surface area contributed by atoms with E-state index in [1.807, 2.05) is 13.8 Å². The van der Waals surface area contributed by atoms with Crippen molar-refractivity contribution in [2.75, 3.05) is 33.0 Å². The molecule has 0 aliphatic carbocycles. The van der Waals surface area contributed by atoms with Crippen LogP contribution in [0.25, 0.3) is 0 Å². The van der Waals surface area contributed by atoms with Gasteiger partial charge in [0.25, 0.3) is 0 Å². The van der Waals surface area contributed by atoms with Crippen molar-refractivity contribution < 1.29 is 29.2 Å². The number of ether oxygens (including phenoxy) is 4. The molecular formula is C20H36O6. The first kappa shape index (κ1) is 23.1. The second-order valence-corrected chi connectivity index (χ2v) is 8.64. The molecule has 0 atom stereocenters. The molecule has 0 saturated carbocycles. The molecule has 26 heavy (non-hydrogen) atoms. The van der Waals surface area contributed by atoms with Gasteiger partial charge in [0.05, 0.1) is 39.3 Å². The molecule has 2 aliphatic heterocycles. The van der Waals surface area contributed by atoms with Crippen molar-refractivity contribution in [2.45, 2.75) is 60.5 Å². The van der Waals surface area contributed by atoms with Crippen molar-refractivity contribution in [3.63, 3.8) is 0 Å². The Morgan fingerprint density at radius 1 is 0.923 bits per heavy atom. The maximum absolute atomic E-state index is 8.69. The van der Waals surface area contributed by atoms with Gasteiger partial charge in [-0.3, -0.25) is 0 Å². The predicted molar refractivity (Wildman–Crippen MR) is 101 cm³/mol. The van der Waals surface area contributed by atoms with Gasteiger partial charge in [-0.1, -0.05) is 33.8 Å². The number of hydrogen-bond donors (Lipinski definition) is 2. The van der Waals surface area contributed by atoms with E-state index in [2.05, 4.69) is 27.7 Å². The van der Waals surface area contributed by atoms with Crippen LogP contribution in [0, 0.1) is 10.8 Å². The van der Waals surface area contributed by atoms with E-state index in [1.54, 1.807) is 6.08 Å². The fourth-order valence-corrected chi connectivity index (χ4v) is 2.36. The van der Waals surface area contributed by atoms with Gasteiger partial charge in [0.15, 0.2) is 12.6 Å². The number of hydrogen-bond acceptors (Lipinski definition) is 6. The normalized spacial score (nSPS) is 24.7. The molecule has 2 heterocycles. The van der Waals surface area contributed by atoms with Gasteiger partial charge in [-0.25, -0.2) is 0 Å². The molecule has 2 fully saturated rings. The Balaban J connectivity index is 0.000000260. The lowest BCUT2D eigenvalue weighted by atomic mass is 9.95. The SMILES string of the molecule is C/C(=C/CO)C1OCC(C)(C)CO1.C/C(=C/O)CC1OCC(C)(C)CO1. The van der Waals surface area contributed by atoms with E-state index in [1.165, 1.54) is 0 Å². The Hall–Kier alpha value is -0.920. The first-order valence-electron chi connectivity index (χ1n) is 9.12. The summed E-state index contributed by atoms with van der Waals surface area (Å²) in [6.45, 7) is 15.1. The van der Waals surface area contributed by atoms with Crippen LogP contribution in [0.2, 0.25) is 0 Å². The van der Waals surface area contributed by atoms with Crippen LogP contribution in [0.15, 0.2) is 23.5 Å². The topological polar surface area (TPSA) is 77.4 Å². The standard InChI is InChI=1S/2C10H18O3/c1-8(5-11)4-9-12-6-10(2,3)7-13-9;1-8(4-5-11)9-12-6-10(2,3)7-13-9/h5,9,11H,4,6-7H2,1-3H3;4,9,11H,5-7H2,1-3H3/b8-5-;8-4-. The highest BCUT2D eigenvalue weighted by atomic mass is 16.7. The third-order valence-electron chi connectivity index (χ3n) is 4.06. The third-order valence-corrected chi connectivity index (χ3v) is 4.06. The Morgan fingerprint density at radius 3 is 1.81 bits per heavy atom. The molecule has 0 aromatic heterocycles. The first-order chi connectivity index (χ1) is 12.1. The van der Waals surface area contributed by atoms with Crippen LogP contribution in [0.1, 0.15) is 48.0 Å². The molecule has 0 radical (unpaired) electrons.